The van der Waals surface area contributed by atoms with Crippen LogP contribution in [-0.4, -0.2) is 55.0 Å². The van der Waals surface area contributed by atoms with Crippen LogP contribution < -0.4 is 5.43 Å². The molecule has 0 spiro atoms. The minimum absolute atomic E-state index is 0.118. The van der Waals surface area contributed by atoms with Crippen molar-refractivity contribution in [3.8, 4) is 45.0 Å². The van der Waals surface area contributed by atoms with E-state index in [0.29, 0.717) is 42.9 Å². The second-order valence-electron chi connectivity index (χ2n) is 11.7. The van der Waals surface area contributed by atoms with Gasteiger partial charge in [-0.1, -0.05) is 101 Å². The number of nitrogens with zero attached hydrogens (tertiary/aromatic N) is 5. The third kappa shape index (κ3) is 9.30. The summed E-state index contributed by atoms with van der Waals surface area (Å²) in [6, 6.07) is 28.8. The number of aromatic nitrogens is 4. The molecule has 262 valence electrons. The van der Waals surface area contributed by atoms with E-state index in [1.54, 1.807) is 60.7 Å². The standard InChI is InChI=1S/C22H20Cl2N4O.C17H10Cl2N2O2/c23-17-8-4-15(5-9-17)20-21(16-6-10-18(24)11-7-16)26-19(14-25-20)22(29)27-28-12-2-1-3-13-28;18-12-5-1-10(2-6-12)15-16(11-3-7-13(19)8-4-11)21-14(9-20-15)17(22)23/h4-11,14H,1-3,12-13H2,(H,27,29);1-9H,(H,22,23). The smallest absolute Gasteiger partial charge is 0.356 e. The Bertz CT molecular complexity index is 2180. The van der Waals surface area contributed by atoms with Gasteiger partial charge in [-0.2, -0.15) is 0 Å². The number of amides is 1. The second kappa shape index (κ2) is 17.1. The van der Waals surface area contributed by atoms with Crippen LogP contribution in [-0.2, 0) is 0 Å². The highest BCUT2D eigenvalue weighted by molar-refractivity contribution is 6.31. The van der Waals surface area contributed by atoms with Crippen LogP contribution in [0.3, 0.4) is 0 Å². The van der Waals surface area contributed by atoms with Gasteiger partial charge in [0.1, 0.15) is 5.69 Å². The highest BCUT2D eigenvalue weighted by Crippen LogP contribution is 2.32. The quantitative estimate of drug-likeness (QED) is 0.165. The molecule has 0 radical (unpaired) electrons. The molecule has 0 atom stereocenters. The Morgan fingerprint density at radius 2 is 0.865 bits per heavy atom. The van der Waals surface area contributed by atoms with Gasteiger partial charge in [-0.3, -0.25) is 20.2 Å². The lowest BCUT2D eigenvalue weighted by molar-refractivity contribution is 0.0688. The lowest BCUT2D eigenvalue weighted by Gasteiger charge is -2.26. The molecule has 3 heterocycles. The van der Waals surface area contributed by atoms with Gasteiger partial charge < -0.3 is 5.11 Å². The lowest BCUT2D eigenvalue weighted by atomic mass is 10.0. The van der Waals surface area contributed by atoms with Crippen LogP contribution >= 0.6 is 46.4 Å². The number of carbonyl (C=O) groups is 2. The number of hydrogen-bond donors (Lipinski definition) is 2. The molecule has 2 N–H and O–H groups in total. The largest absolute Gasteiger partial charge is 0.476 e. The molecule has 4 aromatic carbocycles. The van der Waals surface area contributed by atoms with E-state index in [1.807, 2.05) is 41.4 Å². The van der Waals surface area contributed by atoms with E-state index in [4.69, 9.17) is 51.5 Å². The van der Waals surface area contributed by atoms with Gasteiger partial charge in [-0.05, 0) is 61.4 Å². The van der Waals surface area contributed by atoms with Crippen LogP contribution in [0, 0.1) is 0 Å². The van der Waals surface area contributed by atoms with Crippen molar-refractivity contribution in [2.45, 2.75) is 19.3 Å². The summed E-state index contributed by atoms with van der Waals surface area (Å²) in [5.41, 5.74) is 8.68. The highest BCUT2D eigenvalue weighted by Gasteiger charge is 2.19. The summed E-state index contributed by atoms with van der Waals surface area (Å²) in [6.07, 6.45) is 6.12. The SMILES string of the molecule is O=C(NN1CCCCC1)c1cnc(-c2ccc(Cl)cc2)c(-c2ccc(Cl)cc2)n1.O=C(O)c1cnc(-c2ccc(Cl)cc2)c(-c2ccc(Cl)cc2)n1. The minimum atomic E-state index is -1.13. The molecule has 0 aliphatic carbocycles. The third-order valence-electron chi connectivity index (χ3n) is 8.08. The fourth-order valence-corrected chi connectivity index (χ4v) is 5.96. The first-order chi connectivity index (χ1) is 25.1. The molecule has 1 fully saturated rings. The number of rotatable bonds is 7. The summed E-state index contributed by atoms with van der Waals surface area (Å²) in [7, 11) is 0. The zero-order valence-electron chi connectivity index (χ0n) is 27.4. The van der Waals surface area contributed by atoms with Crippen molar-refractivity contribution in [1.29, 1.82) is 0 Å². The van der Waals surface area contributed by atoms with Crippen LogP contribution in [0.25, 0.3) is 45.0 Å². The molecule has 52 heavy (non-hydrogen) atoms. The van der Waals surface area contributed by atoms with Crippen LogP contribution in [0.4, 0.5) is 0 Å². The molecule has 1 aliphatic heterocycles. The number of aromatic carboxylic acids is 1. The average Bonchev–Trinajstić information content (AvgIpc) is 3.16. The van der Waals surface area contributed by atoms with Gasteiger partial charge in [0, 0.05) is 55.4 Å². The molecule has 1 amide bonds. The number of halogens is 4. The first-order valence-electron chi connectivity index (χ1n) is 16.2. The first kappa shape index (κ1) is 36.9. The number of carboxylic acids is 1. The van der Waals surface area contributed by atoms with Gasteiger partial charge in [-0.15, -0.1) is 0 Å². The van der Waals surface area contributed by atoms with Gasteiger partial charge in [0.15, 0.2) is 5.69 Å². The van der Waals surface area contributed by atoms with Crippen molar-refractivity contribution in [2.75, 3.05) is 13.1 Å². The van der Waals surface area contributed by atoms with Gasteiger partial charge in [0.05, 0.1) is 35.2 Å². The van der Waals surface area contributed by atoms with Crippen molar-refractivity contribution in [2.24, 2.45) is 0 Å². The number of carbonyl (C=O) groups excluding carboxylic acids is 1. The monoisotopic (exact) mass is 770 g/mol. The van der Waals surface area contributed by atoms with E-state index in [2.05, 4.69) is 25.4 Å². The molecule has 0 unspecified atom stereocenters. The Morgan fingerprint density at radius 1 is 0.519 bits per heavy atom. The highest BCUT2D eigenvalue weighted by atomic mass is 35.5. The van der Waals surface area contributed by atoms with Crippen LogP contribution in [0.1, 0.15) is 40.2 Å². The maximum Gasteiger partial charge on any atom is 0.356 e. The lowest BCUT2D eigenvalue weighted by Crippen LogP contribution is -2.45. The number of benzene rings is 4. The summed E-state index contributed by atoms with van der Waals surface area (Å²) in [4.78, 5) is 41.7. The Kier molecular flexibility index (Phi) is 12.1. The normalized spacial score (nSPS) is 12.8. The summed E-state index contributed by atoms with van der Waals surface area (Å²) in [6.45, 7) is 1.71. The number of hydrogen-bond acceptors (Lipinski definition) is 7. The number of carboxylic acid groups (broad SMARTS) is 1. The molecular weight excluding hydrogens is 742 g/mol. The Balaban J connectivity index is 0.000000183. The summed E-state index contributed by atoms with van der Waals surface area (Å²) in [5.74, 6) is -1.38. The van der Waals surface area contributed by atoms with E-state index < -0.39 is 5.97 Å². The van der Waals surface area contributed by atoms with Crippen molar-refractivity contribution in [1.82, 2.24) is 30.4 Å². The van der Waals surface area contributed by atoms with Crippen molar-refractivity contribution in [3.63, 3.8) is 0 Å². The zero-order valence-corrected chi connectivity index (χ0v) is 30.5. The van der Waals surface area contributed by atoms with Crippen molar-refractivity contribution in [3.05, 3.63) is 141 Å². The van der Waals surface area contributed by atoms with E-state index >= 15 is 0 Å². The summed E-state index contributed by atoms with van der Waals surface area (Å²) in [5, 5.41) is 13.6. The van der Waals surface area contributed by atoms with Gasteiger partial charge in [0.2, 0.25) is 0 Å². The van der Waals surface area contributed by atoms with Crippen LogP contribution in [0.5, 0.6) is 0 Å². The Hall–Kier alpha value is -4.90. The number of piperidine rings is 1. The van der Waals surface area contributed by atoms with E-state index in [9.17, 15) is 9.59 Å². The first-order valence-corrected chi connectivity index (χ1v) is 17.7. The molecule has 1 saturated heterocycles. The Labute approximate surface area is 320 Å². The number of hydrazine groups is 1. The zero-order chi connectivity index (χ0) is 36.6. The molecular formula is C39H30Cl4N6O3. The maximum absolute atomic E-state index is 12.7. The predicted octanol–water partition coefficient (Wildman–Crippen LogP) is 10.1. The van der Waals surface area contributed by atoms with E-state index in [0.717, 1.165) is 48.2 Å². The second-order valence-corrected chi connectivity index (χ2v) is 13.5. The molecule has 0 saturated carbocycles. The van der Waals surface area contributed by atoms with E-state index in [1.165, 1.54) is 18.8 Å². The minimum Gasteiger partial charge on any atom is -0.476 e. The molecule has 1 aliphatic rings. The van der Waals surface area contributed by atoms with Gasteiger partial charge >= 0.3 is 5.97 Å². The molecule has 2 aromatic heterocycles. The van der Waals surface area contributed by atoms with E-state index in [-0.39, 0.29) is 17.3 Å². The van der Waals surface area contributed by atoms with Gasteiger partial charge in [-0.25, -0.2) is 19.8 Å². The van der Waals surface area contributed by atoms with Crippen molar-refractivity contribution >= 4 is 58.3 Å². The molecule has 13 heteroatoms. The molecule has 9 nitrogen and oxygen atoms in total. The van der Waals surface area contributed by atoms with Crippen molar-refractivity contribution < 1.29 is 14.7 Å². The summed E-state index contributed by atoms with van der Waals surface area (Å²) >= 11 is 23.9. The average molecular weight is 773 g/mol. The fraction of sp³-hybridized carbons (Fsp3) is 0.128. The Morgan fingerprint density at radius 3 is 1.25 bits per heavy atom. The molecule has 6 aromatic rings. The topological polar surface area (TPSA) is 121 Å². The molecule has 7 rings (SSSR count). The maximum atomic E-state index is 12.7. The molecule has 0 bridgehead atoms. The number of nitrogens with one attached hydrogen (secondary N) is 1. The summed E-state index contributed by atoms with van der Waals surface area (Å²) < 4.78 is 0. The third-order valence-corrected chi connectivity index (χ3v) is 9.09. The predicted molar refractivity (Wildman–Crippen MR) is 206 cm³/mol. The van der Waals surface area contributed by atoms with Crippen LogP contribution in [0.15, 0.2) is 109 Å². The van der Waals surface area contributed by atoms with Crippen LogP contribution in [0.2, 0.25) is 20.1 Å². The fourth-order valence-electron chi connectivity index (χ4n) is 5.45. The van der Waals surface area contributed by atoms with Gasteiger partial charge in [0.25, 0.3) is 5.91 Å².